The van der Waals surface area contributed by atoms with Crippen molar-refractivity contribution in [1.82, 2.24) is 9.97 Å². The van der Waals surface area contributed by atoms with Gasteiger partial charge in [-0.3, -0.25) is 40.5 Å². The van der Waals surface area contributed by atoms with Crippen LogP contribution in [0.25, 0.3) is 20.8 Å². The summed E-state index contributed by atoms with van der Waals surface area (Å²) in [5.41, 5.74) is -9.76. The maximum atomic E-state index is 15.2. The number of aromatic nitrogens is 2. The van der Waals surface area contributed by atoms with Gasteiger partial charge in [0.15, 0.2) is 46.5 Å². The van der Waals surface area contributed by atoms with Crippen molar-refractivity contribution in [3.05, 3.63) is 288 Å². The number of nitro benzene ring substituents is 4. The van der Waals surface area contributed by atoms with Crippen LogP contribution in [-0.2, 0) is 19.5 Å². The van der Waals surface area contributed by atoms with E-state index in [0.29, 0.717) is 0 Å². The van der Waals surface area contributed by atoms with Crippen molar-refractivity contribution in [2.24, 2.45) is 9.98 Å². The summed E-state index contributed by atoms with van der Waals surface area (Å²) in [6.45, 7) is 15.0. The number of hydrogen-bond acceptors (Lipinski definition) is 16. The van der Waals surface area contributed by atoms with Crippen LogP contribution in [-0.4, -0.2) is 31.5 Å². The number of nitrogens with zero attached hydrogens (tertiary/aromatic N) is 12. The number of rotatable bonds is 14. The van der Waals surface area contributed by atoms with Crippen molar-refractivity contribution in [2.45, 2.75) is 0 Å². The summed E-state index contributed by atoms with van der Waals surface area (Å²) in [6.07, 6.45) is 1.80. The van der Waals surface area contributed by atoms with Crippen molar-refractivity contribution in [1.29, 1.82) is 10.5 Å². The number of allylic oxidation sites excluding steroid dienone is 2. The van der Waals surface area contributed by atoms with E-state index in [2.05, 4.69) is 29.6 Å². The number of halogens is 10. The first-order chi connectivity index (χ1) is 43.9. The van der Waals surface area contributed by atoms with E-state index in [-0.39, 0.29) is 76.4 Å². The van der Waals surface area contributed by atoms with E-state index in [0.717, 1.165) is 121 Å². The molecule has 456 valence electrons. The normalized spacial score (nSPS) is 13.1. The fourth-order valence-electron chi connectivity index (χ4n) is 8.13. The third-order valence-electron chi connectivity index (χ3n) is 12.4. The van der Waals surface area contributed by atoms with Gasteiger partial charge in [0.25, 0.3) is 22.7 Å². The molecule has 0 fully saturated rings. The van der Waals surface area contributed by atoms with Crippen molar-refractivity contribution in [3.63, 3.8) is 0 Å². The summed E-state index contributed by atoms with van der Waals surface area (Å²) in [5, 5.41) is 63.1. The molecule has 0 radical (unpaired) electrons. The average molecular weight is 1330 g/mol. The molecule has 0 bridgehead atoms. The van der Waals surface area contributed by atoms with Crippen LogP contribution in [0.15, 0.2) is 154 Å². The number of non-ortho nitro benzene ring substituents is 4. The molecule has 0 saturated carbocycles. The molecule has 2 aliphatic heterocycles. The molecule has 0 atom stereocenters. The Labute approximate surface area is 522 Å². The second-order valence-corrected chi connectivity index (χ2v) is 17.9. The summed E-state index contributed by atoms with van der Waals surface area (Å²) in [4.78, 5) is 63.5. The first-order valence-corrected chi connectivity index (χ1v) is 24.6. The Morgan fingerprint density at radius 1 is 0.430 bits per heavy atom. The van der Waals surface area contributed by atoms with Gasteiger partial charge in [0.2, 0.25) is 34.8 Å². The average Bonchev–Trinajstić information content (AvgIpc) is 1.73. The molecule has 0 spiro atoms. The van der Waals surface area contributed by atoms with Crippen molar-refractivity contribution in [3.8, 4) is 46.9 Å². The van der Waals surface area contributed by atoms with E-state index >= 15 is 17.6 Å². The summed E-state index contributed by atoms with van der Waals surface area (Å²) in [7, 11) is 0. The van der Waals surface area contributed by atoms with E-state index in [4.69, 9.17) is 32.1 Å². The SMILES string of the molecule is [C-]#[N+]c1cc(/C(=C2/C=C(C#N)C(Oc3ccc([N+](=O)[O-])cc3)=N2)c2c(F)c(F)c(F)c(F)c2F)[n-]c1Oc1ccc([N+](=O)[O-])cc1.[C-]#[N+]c1cc(/C(=C2/C=C(C#N)C(Oc3ccc([N+](=O)[O-])cc3)=N2)c2c(F)c(F)c(F)c(F)c2F)[n-]c1Oc1ccc([N+](=O)[O-])cc1.[Zn+2]. The topological polar surface area (TPSA) is 319 Å². The fraction of sp³-hybridized carbons (Fsp3) is 0. The standard InChI is InChI=1S/2C29H10F5N6O6.Zn/c2*1-36-20-11-19(38-29(20)46-17-8-4-15(5-9-17)40(43)44)21(22-23(30)25(32)27(34)26(33)24(22)31)18-10-13(12-35)28(37-18)45-16-6-2-14(3-7-16)39(41)42;/h2*2-11H;/q2*-1;+2/b2*21-18+;. The third kappa shape index (κ3) is 13.3. The predicted molar refractivity (Wildman–Crippen MR) is 293 cm³/mol. The van der Waals surface area contributed by atoms with E-state index in [9.17, 15) is 77.3 Å². The van der Waals surface area contributed by atoms with Gasteiger partial charge < -0.3 is 28.9 Å². The van der Waals surface area contributed by atoms with Gasteiger partial charge in [0.05, 0.1) is 55.4 Å². The molecule has 10 rings (SSSR count). The fourth-order valence-corrected chi connectivity index (χ4v) is 8.13. The van der Waals surface area contributed by atoms with Gasteiger partial charge in [0.1, 0.15) is 46.3 Å². The summed E-state index contributed by atoms with van der Waals surface area (Å²) >= 11 is 0. The molecule has 8 aromatic rings. The molecular weight excluding hydrogens is 1310 g/mol. The minimum Gasteiger partial charge on any atom is -0.637 e. The molecule has 0 aliphatic carbocycles. The van der Waals surface area contributed by atoms with Crippen LogP contribution in [0.5, 0.6) is 34.8 Å². The second kappa shape index (κ2) is 27.1. The van der Waals surface area contributed by atoms with Gasteiger partial charge in [-0.05, 0) is 71.8 Å². The Bertz CT molecular complexity index is 4510. The molecule has 6 aromatic carbocycles. The second-order valence-electron chi connectivity index (χ2n) is 17.9. The van der Waals surface area contributed by atoms with Crippen LogP contribution in [0.3, 0.4) is 0 Å². The van der Waals surface area contributed by atoms with Crippen molar-refractivity contribution >= 4 is 57.1 Å². The summed E-state index contributed by atoms with van der Waals surface area (Å²) in [6, 6.07) is 23.1. The monoisotopic (exact) mass is 1330 g/mol. The molecule has 0 saturated heterocycles. The zero-order chi connectivity index (χ0) is 66.6. The molecule has 2 aliphatic rings. The van der Waals surface area contributed by atoms with Crippen molar-refractivity contribution in [2.75, 3.05) is 0 Å². The molecule has 0 amide bonds. The Kier molecular flexibility index (Phi) is 19.2. The Morgan fingerprint density at radius 3 is 0.914 bits per heavy atom. The molecule has 24 nitrogen and oxygen atoms in total. The maximum absolute atomic E-state index is 15.2. The first kappa shape index (κ1) is 65.8. The zero-order valence-electron chi connectivity index (χ0n) is 45.3. The van der Waals surface area contributed by atoms with Crippen LogP contribution in [0, 0.1) is 134 Å². The molecule has 93 heavy (non-hydrogen) atoms. The number of benzene rings is 6. The van der Waals surface area contributed by atoms with Crippen LogP contribution in [0.1, 0.15) is 22.5 Å². The van der Waals surface area contributed by atoms with Crippen LogP contribution in [0.4, 0.5) is 78.0 Å². The van der Waals surface area contributed by atoms with Crippen LogP contribution in [0.2, 0.25) is 0 Å². The predicted octanol–water partition coefficient (Wildman–Crippen LogP) is 14.4. The van der Waals surface area contributed by atoms with Crippen LogP contribution >= 0.6 is 0 Å². The third-order valence-corrected chi connectivity index (χ3v) is 12.4. The number of aliphatic imine (C=N–C) groups is 2. The van der Waals surface area contributed by atoms with E-state index in [1.807, 2.05) is 0 Å². The Morgan fingerprint density at radius 2 is 0.677 bits per heavy atom. The smallest absolute Gasteiger partial charge is 0.637 e. The molecular formula is C58H20F10N12O12Zn. The Hall–Kier alpha value is -13.1. The number of nitro groups is 4. The van der Waals surface area contributed by atoms with Gasteiger partial charge in [-0.15, -0.1) is 11.4 Å². The number of nitriles is 2. The largest absolute Gasteiger partial charge is 2.00 e. The van der Waals surface area contributed by atoms with E-state index in [1.165, 1.54) is 0 Å². The van der Waals surface area contributed by atoms with E-state index in [1.54, 1.807) is 12.1 Å². The molecule has 0 unspecified atom stereocenters. The van der Waals surface area contributed by atoms with Gasteiger partial charge >= 0.3 is 19.5 Å². The number of ether oxygens (including phenoxy) is 4. The molecule has 35 heteroatoms. The molecule has 4 heterocycles. The van der Waals surface area contributed by atoms with E-state index < -0.39 is 158 Å². The van der Waals surface area contributed by atoms with Gasteiger partial charge in [-0.2, -0.15) is 10.5 Å². The Balaban J connectivity index is 0.000000236. The minimum atomic E-state index is -2.45. The summed E-state index contributed by atoms with van der Waals surface area (Å²) in [5.74, 6) is -25.5. The quantitative estimate of drug-likeness (QED) is 0.0186. The molecule has 0 N–H and O–H groups in total. The number of hydrogen-bond donors (Lipinski definition) is 0. The first-order valence-electron chi connectivity index (χ1n) is 24.6. The zero-order valence-corrected chi connectivity index (χ0v) is 48.3. The van der Waals surface area contributed by atoms with Crippen LogP contribution < -0.4 is 28.9 Å². The van der Waals surface area contributed by atoms with Gasteiger partial charge in [-0.25, -0.2) is 63.6 Å². The minimum absolute atomic E-state index is 0. The summed E-state index contributed by atoms with van der Waals surface area (Å²) < 4.78 is 168. The molecule has 2 aromatic heterocycles. The van der Waals surface area contributed by atoms with Gasteiger partial charge in [0, 0.05) is 60.3 Å². The maximum Gasteiger partial charge on any atom is 2.00 e. The van der Waals surface area contributed by atoms with Gasteiger partial charge in [-0.1, -0.05) is 12.1 Å². The van der Waals surface area contributed by atoms with Crippen molar-refractivity contribution < 1.29 is 102 Å².